The highest BCUT2D eigenvalue weighted by atomic mass is 16.6. The minimum absolute atomic E-state index is 0.0937. The average Bonchev–Trinajstić information content (AvgIpc) is 2.39. The van der Waals surface area contributed by atoms with E-state index in [0.29, 0.717) is 5.56 Å². The molecule has 1 aromatic heterocycles. The van der Waals surface area contributed by atoms with Crippen molar-refractivity contribution in [1.29, 1.82) is 0 Å². The minimum Gasteiger partial charge on any atom is -0.383 e. The van der Waals surface area contributed by atoms with Crippen molar-refractivity contribution in [2.24, 2.45) is 0 Å². The van der Waals surface area contributed by atoms with Crippen LogP contribution in [0.25, 0.3) is 0 Å². The molecule has 1 N–H and O–H groups in total. The molecule has 0 unspecified atom stereocenters. The number of hydrogen-bond donors (Lipinski definition) is 1. The molecule has 2 aromatic rings. The van der Waals surface area contributed by atoms with Crippen molar-refractivity contribution < 1.29 is 10.0 Å². The minimum atomic E-state index is -1.04. The molecule has 0 aliphatic carbocycles. The van der Waals surface area contributed by atoms with Crippen LogP contribution < -0.4 is 0 Å². The molecule has 0 bridgehead atoms. The Morgan fingerprint density at radius 2 is 2.00 bits per heavy atom. The summed E-state index contributed by atoms with van der Waals surface area (Å²) in [6.45, 7) is 0. The molecule has 0 saturated heterocycles. The molecule has 5 nitrogen and oxygen atoms in total. The van der Waals surface area contributed by atoms with Gasteiger partial charge in [0.15, 0.2) is 0 Å². The summed E-state index contributed by atoms with van der Waals surface area (Å²) >= 11 is 0. The van der Waals surface area contributed by atoms with E-state index in [1.807, 2.05) is 0 Å². The van der Waals surface area contributed by atoms with Crippen LogP contribution in [-0.2, 0) is 0 Å². The number of para-hydroxylation sites is 1. The van der Waals surface area contributed by atoms with E-state index in [9.17, 15) is 15.2 Å². The van der Waals surface area contributed by atoms with E-state index in [1.165, 1.54) is 18.3 Å². The van der Waals surface area contributed by atoms with Crippen LogP contribution in [-0.4, -0.2) is 15.0 Å². The predicted molar refractivity (Wildman–Crippen MR) is 61.4 cm³/mol. The second-order valence-corrected chi connectivity index (χ2v) is 3.50. The maximum atomic E-state index is 10.8. The number of nitro groups is 1. The molecule has 0 aliphatic heterocycles. The van der Waals surface area contributed by atoms with Crippen LogP contribution in [0.3, 0.4) is 0 Å². The summed E-state index contributed by atoms with van der Waals surface area (Å²) in [6, 6.07) is 9.48. The maximum absolute atomic E-state index is 10.8. The topological polar surface area (TPSA) is 76.3 Å². The summed E-state index contributed by atoms with van der Waals surface area (Å²) in [5.74, 6) is 0. The van der Waals surface area contributed by atoms with Gasteiger partial charge < -0.3 is 5.11 Å². The second-order valence-electron chi connectivity index (χ2n) is 3.50. The van der Waals surface area contributed by atoms with Gasteiger partial charge >= 0.3 is 0 Å². The molecule has 1 aromatic carbocycles. The van der Waals surface area contributed by atoms with E-state index in [2.05, 4.69) is 4.98 Å². The molecule has 0 radical (unpaired) electrons. The molecule has 0 aliphatic rings. The number of hydrogen-bond acceptors (Lipinski definition) is 4. The molecular formula is C12H10N2O3. The second kappa shape index (κ2) is 4.71. The van der Waals surface area contributed by atoms with Gasteiger partial charge in [-0.15, -0.1) is 0 Å². The molecule has 0 saturated carbocycles. The van der Waals surface area contributed by atoms with E-state index >= 15 is 0 Å². The van der Waals surface area contributed by atoms with Gasteiger partial charge in [-0.3, -0.25) is 15.1 Å². The van der Waals surface area contributed by atoms with Gasteiger partial charge in [-0.05, 0) is 12.1 Å². The molecule has 5 heteroatoms. The van der Waals surface area contributed by atoms with E-state index in [-0.39, 0.29) is 11.3 Å². The van der Waals surface area contributed by atoms with Crippen molar-refractivity contribution in [3.63, 3.8) is 0 Å². The van der Waals surface area contributed by atoms with Crippen molar-refractivity contribution in [3.05, 3.63) is 70.0 Å². The van der Waals surface area contributed by atoms with Crippen LogP contribution in [0.4, 0.5) is 5.69 Å². The van der Waals surface area contributed by atoms with Gasteiger partial charge in [0.05, 0.1) is 10.5 Å². The van der Waals surface area contributed by atoms with E-state index in [1.54, 1.807) is 30.5 Å². The van der Waals surface area contributed by atoms with E-state index < -0.39 is 11.0 Å². The zero-order valence-electron chi connectivity index (χ0n) is 8.85. The highest BCUT2D eigenvalue weighted by molar-refractivity contribution is 5.44. The van der Waals surface area contributed by atoms with Crippen LogP contribution in [0.1, 0.15) is 17.2 Å². The zero-order valence-corrected chi connectivity index (χ0v) is 8.85. The fraction of sp³-hybridized carbons (Fsp3) is 0.0833. The first-order valence-corrected chi connectivity index (χ1v) is 5.01. The lowest BCUT2D eigenvalue weighted by molar-refractivity contribution is -0.386. The van der Waals surface area contributed by atoms with Crippen molar-refractivity contribution >= 4 is 5.69 Å². The van der Waals surface area contributed by atoms with Crippen molar-refractivity contribution in [2.45, 2.75) is 6.10 Å². The fourth-order valence-corrected chi connectivity index (χ4v) is 1.60. The third-order valence-electron chi connectivity index (χ3n) is 2.43. The van der Waals surface area contributed by atoms with Crippen LogP contribution >= 0.6 is 0 Å². The highest BCUT2D eigenvalue weighted by Gasteiger charge is 2.20. The zero-order chi connectivity index (χ0) is 12.3. The van der Waals surface area contributed by atoms with Crippen LogP contribution in [0, 0.1) is 10.1 Å². The van der Waals surface area contributed by atoms with Gasteiger partial charge in [-0.1, -0.05) is 18.2 Å². The molecule has 0 amide bonds. The standard InChI is InChI=1S/C12H10N2O3/c15-12(9-4-3-7-13-8-9)10-5-1-2-6-11(10)14(16)17/h1-8,12,15H/t12-/m1/s1. The highest BCUT2D eigenvalue weighted by Crippen LogP contribution is 2.28. The van der Waals surface area contributed by atoms with Crippen LogP contribution in [0.15, 0.2) is 48.8 Å². The molecule has 1 atom stereocenters. The van der Waals surface area contributed by atoms with Gasteiger partial charge in [-0.2, -0.15) is 0 Å². The first-order valence-electron chi connectivity index (χ1n) is 5.01. The van der Waals surface area contributed by atoms with Crippen molar-refractivity contribution in [1.82, 2.24) is 4.98 Å². The predicted octanol–water partition coefficient (Wildman–Crippen LogP) is 2.07. The summed E-state index contributed by atoms with van der Waals surface area (Å²) in [5, 5.41) is 20.9. The fourth-order valence-electron chi connectivity index (χ4n) is 1.60. The Hall–Kier alpha value is -2.27. The first kappa shape index (κ1) is 11.2. The molecule has 17 heavy (non-hydrogen) atoms. The number of aliphatic hydroxyl groups is 1. The number of nitrogens with zero attached hydrogens (tertiary/aromatic N) is 2. The van der Waals surface area contributed by atoms with Gasteiger partial charge in [0.25, 0.3) is 5.69 Å². The maximum Gasteiger partial charge on any atom is 0.275 e. The number of benzene rings is 1. The third kappa shape index (κ3) is 2.29. The molecular weight excluding hydrogens is 220 g/mol. The van der Waals surface area contributed by atoms with Crippen LogP contribution in [0.5, 0.6) is 0 Å². The van der Waals surface area contributed by atoms with E-state index in [0.717, 1.165) is 0 Å². The summed E-state index contributed by atoms with van der Waals surface area (Å²) < 4.78 is 0. The van der Waals surface area contributed by atoms with Gasteiger partial charge in [0.2, 0.25) is 0 Å². The molecule has 2 rings (SSSR count). The molecule has 1 heterocycles. The lowest BCUT2D eigenvalue weighted by Crippen LogP contribution is -2.03. The lowest BCUT2D eigenvalue weighted by atomic mass is 10.0. The number of rotatable bonds is 3. The summed E-state index contributed by atoms with van der Waals surface area (Å²) in [7, 11) is 0. The van der Waals surface area contributed by atoms with Crippen molar-refractivity contribution in [2.75, 3.05) is 0 Å². The summed E-state index contributed by atoms with van der Waals surface area (Å²) in [5.41, 5.74) is 0.705. The summed E-state index contributed by atoms with van der Waals surface area (Å²) in [4.78, 5) is 14.2. The van der Waals surface area contributed by atoms with Crippen molar-refractivity contribution in [3.8, 4) is 0 Å². The Morgan fingerprint density at radius 1 is 1.24 bits per heavy atom. The SMILES string of the molecule is O=[N+]([O-])c1ccccc1[C@H](O)c1cccnc1. The Morgan fingerprint density at radius 3 is 2.65 bits per heavy atom. The van der Waals surface area contributed by atoms with Gasteiger partial charge in [0.1, 0.15) is 6.10 Å². The number of pyridine rings is 1. The van der Waals surface area contributed by atoms with E-state index in [4.69, 9.17) is 0 Å². The number of aliphatic hydroxyl groups excluding tert-OH is 1. The molecule has 86 valence electrons. The Bertz CT molecular complexity index is 528. The summed E-state index contributed by atoms with van der Waals surface area (Å²) in [6.07, 6.45) is 2.03. The first-order chi connectivity index (χ1) is 8.20. The van der Waals surface area contributed by atoms with Crippen LogP contribution in [0.2, 0.25) is 0 Å². The largest absolute Gasteiger partial charge is 0.383 e. The lowest BCUT2D eigenvalue weighted by Gasteiger charge is -2.10. The number of aromatic nitrogens is 1. The Kier molecular flexibility index (Phi) is 3.11. The van der Waals surface area contributed by atoms with Gasteiger partial charge in [0, 0.05) is 24.0 Å². The quantitative estimate of drug-likeness (QED) is 0.646. The number of nitro benzene ring substituents is 1. The van der Waals surface area contributed by atoms with Gasteiger partial charge in [-0.25, -0.2) is 0 Å². The average molecular weight is 230 g/mol. The Labute approximate surface area is 97.5 Å². The third-order valence-corrected chi connectivity index (χ3v) is 2.43. The monoisotopic (exact) mass is 230 g/mol. The molecule has 0 fully saturated rings. The molecule has 0 spiro atoms. The Balaban J connectivity index is 2.44. The smallest absolute Gasteiger partial charge is 0.275 e. The normalized spacial score (nSPS) is 12.1.